The summed E-state index contributed by atoms with van der Waals surface area (Å²) in [5.74, 6) is 1.38. The quantitative estimate of drug-likeness (QED) is 0.270. The zero-order valence-electron chi connectivity index (χ0n) is 18.4. The maximum absolute atomic E-state index is 12.4. The van der Waals surface area contributed by atoms with Gasteiger partial charge in [-0.2, -0.15) is 0 Å². The van der Waals surface area contributed by atoms with E-state index in [1.165, 1.54) is 18.7 Å². The standard InChI is InChI=1S/C24H26N4O3S/c1-5-14-28-23(18(4)31-21-12-6-16(2)7-13-21)26-27-24(28)32-15-22(30)25-20-10-8-19(9-11-20)17(3)29/h5-13,18H,1,14-15H2,2-4H3,(H,25,30). The first-order chi connectivity index (χ1) is 15.4. The first-order valence-corrected chi connectivity index (χ1v) is 11.2. The number of aromatic nitrogens is 3. The van der Waals surface area contributed by atoms with Crippen molar-refractivity contribution in [3.05, 3.63) is 78.1 Å². The van der Waals surface area contributed by atoms with Crippen molar-refractivity contribution >= 4 is 29.1 Å². The van der Waals surface area contributed by atoms with Gasteiger partial charge in [0.25, 0.3) is 0 Å². The minimum Gasteiger partial charge on any atom is -0.483 e. The highest BCUT2D eigenvalue weighted by atomic mass is 32.2. The van der Waals surface area contributed by atoms with Gasteiger partial charge in [0.05, 0.1) is 5.75 Å². The van der Waals surface area contributed by atoms with Crippen LogP contribution in [0.1, 0.15) is 41.7 Å². The number of hydrogen-bond acceptors (Lipinski definition) is 6. The number of thioether (sulfide) groups is 1. The van der Waals surface area contributed by atoms with Crippen molar-refractivity contribution in [3.63, 3.8) is 0 Å². The molecule has 7 nitrogen and oxygen atoms in total. The van der Waals surface area contributed by atoms with Crippen molar-refractivity contribution in [1.29, 1.82) is 0 Å². The second-order valence-corrected chi connectivity index (χ2v) is 8.23. The summed E-state index contributed by atoms with van der Waals surface area (Å²) in [6.07, 6.45) is 1.43. The Morgan fingerprint density at radius 1 is 1.16 bits per heavy atom. The van der Waals surface area contributed by atoms with Crippen molar-refractivity contribution in [2.45, 2.75) is 38.6 Å². The van der Waals surface area contributed by atoms with Crippen molar-refractivity contribution in [3.8, 4) is 5.75 Å². The molecule has 0 aliphatic carbocycles. The van der Waals surface area contributed by atoms with E-state index < -0.39 is 0 Å². The molecule has 0 saturated carbocycles. The summed E-state index contributed by atoms with van der Waals surface area (Å²) >= 11 is 1.29. The largest absolute Gasteiger partial charge is 0.483 e. The van der Waals surface area contributed by atoms with Crippen LogP contribution >= 0.6 is 11.8 Å². The summed E-state index contributed by atoms with van der Waals surface area (Å²) in [5.41, 5.74) is 2.39. The lowest BCUT2D eigenvalue weighted by Gasteiger charge is -2.16. The zero-order chi connectivity index (χ0) is 23.1. The van der Waals surface area contributed by atoms with Crippen LogP contribution < -0.4 is 10.1 Å². The summed E-state index contributed by atoms with van der Waals surface area (Å²) < 4.78 is 7.91. The highest BCUT2D eigenvalue weighted by molar-refractivity contribution is 7.99. The lowest BCUT2D eigenvalue weighted by atomic mass is 10.1. The van der Waals surface area contributed by atoms with Crippen molar-refractivity contribution in [2.75, 3.05) is 11.1 Å². The maximum Gasteiger partial charge on any atom is 0.234 e. The molecule has 1 unspecified atom stereocenters. The Morgan fingerprint density at radius 3 is 2.47 bits per heavy atom. The number of carbonyl (C=O) groups is 2. The van der Waals surface area contributed by atoms with Crippen LogP contribution in [-0.4, -0.2) is 32.2 Å². The van der Waals surface area contributed by atoms with Gasteiger partial charge in [-0.05, 0) is 57.2 Å². The number of aryl methyl sites for hydroxylation is 1. The average molecular weight is 451 g/mol. The molecule has 0 spiro atoms. The van der Waals surface area contributed by atoms with Crippen molar-refractivity contribution in [1.82, 2.24) is 14.8 Å². The monoisotopic (exact) mass is 450 g/mol. The van der Waals surface area contributed by atoms with E-state index in [4.69, 9.17) is 4.74 Å². The molecule has 0 aliphatic rings. The fourth-order valence-corrected chi connectivity index (χ4v) is 3.75. The van der Waals surface area contributed by atoms with E-state index >= 15 is 0 Å². The molecule has 8 heteroatoms. The molecule has 0 bridgehead atoms. The molecule has 1 amide bonds. The number of amides is 1. The molecule has 32 heavy (non-hydrogen) atoms. The Morgan fingerprint density at radius 2 is 1.84 bits per heavy atom. The van der Waals surface area contributed by atoms with Gasteiger partial charge >= 0.3 is 0 Å². The number of benzene rings is 2. The third-order valence-corrected chi connectivity index (χ3v) is 5.63. The van der Waals surface area contributed by atoms with Gasteiger partial charge in [-0.15, -0.1) is 16.8 Å². The highest BCUT2D eigenvalue weighted by Crippen LogP contribution is 2.25. The van der Waals surface area contributed by atoms with E-state index in [-0.39, 0.29) is 23.5 Å². The SMILES string of the molecule is C=CCn1c(SCC(=O)Nc2ccc(C(C)=O)cc2)nnc1C(C)Oc1ccc(C)cc1. The Bertz CT molecular complexity index is 1090. The van der Waals surface area contributed by atoms with Crippen molar-refractivity contribution < 1.29 is 14.3 Å². The molecule has 2 aromatic carbocycles. The van der Waals surface area contributed by atoms with Crippen molar-refractivity contribution in [2.24, 2.45) is 0 Å². The van der Waals surface area contributed by atoms with Gasteiger partial charge in [-0.25, -0.2) is 0 Å². The fourth-order valence-electron chi connectivity index (χ4n) is 3.00. The predicted molar refractivity (Wildman–Crippen MR) is 126 cm³/mol. The number of anilines is 1. The number of ether oxygens (including phenoxy) is 1. The summed E-state index contributed by atoms with van der Waals surface area (Å²) in [5, 5.41) is 12.0. The number of ketones is 1. The maximum atomic E-state index is 12.4. The van der Waals surface area contributed by atoms with Crippen LogP contribution in [0.15, 0.2) is 66.3 Å². The van der Waals surface area contributed by atoms with Crippen LogP contribution in [0.2, 0.25) is 0 Å². The zero-order valence-corrected chi connectivity index (χ0v) is 19.2. The molecule has 0 radical (unpaired) electrons. The number of Topliss-reactive ketones (excluding diaryl/α,β-unsaturated/α-hetero) is 1. The second kappa shape index (κ2) is 10.8. The molecule has 1 N–H and O–H groups in total. The molecule has 1 aromatic heterocycles. The minimum absolute atomic E-state index is 0.0172. The number of rotatable bonds is 10. The lowest BCUT2D eigenvalue weighted by Crippen LogP contribution is -2.15. The van der Waals surface area contributed by atoms with Crippen LogP contribution in [0.25, 0.3) is 0 Å². The first-order valence-electron chi connectivity index (χ1n) is 10.2. The predicted octanol–water partition coefficient (Wildman–Crippen LogP) is 4.85. The lowest BCUT2D eigenvalue weighted by molar-refractivity contribution is -0.113. The van der Waals surface area contributed by atoms with E-state index in [9.17, 15) is 9.59 Å². The van der Waals surface area contributed by atoms with Gasteiger partial charge in [-0.3, -0.25) is 14.2 Å². The number of nitrogens with one attached hydrogen (secondary N) is 1. The molecule has 166 valence electrons. The second-order valence-electron chi connectivity index (χ2n) is 7.28. The summed E-state index contributed by atoms with van der Waals surface area (Å²) in [6.45, 7) is 9.75. The van der Waals surface area contributed by atoms with Gasteiger partial charge in [0.15, 0.2) is 22.9 Å². The Kier molecular flexibility index (Phi) is 7.83. The van der Waals surface area contributed by atoms with Gasteiger partial charge in [0, 0.05) is 17.8 Å². The van der Waals surface area contributed by atoms with E-state index in [0.29, 0.717) is 28.8 Å². The summed E-state index contributed by atoms with van der Waals surface area (Å²) in [6, 6.07) is 14.6. The first kappa shape index (κ1) is 23.3. The van der Waals surface area contributed by atoms with Gasteiger partial charge in [0.2, 0.25) is 5.91 Å². The summed E-state index contributed by atoms with van der Waals surface area (Å²) in [4.78, 5) is 23.7. The molecular weight excluding hydrogens is 424 g/mol. The Labute approximate surface area is 191 Å². The van der Waals surface area contributed by atoms with E-state index in [1.807, 2.05) is 42.7 Å². The Balaban J connectivity index is 1.64. The van der Waals surface area contributed by atoms with E-state index in [1.54, 1.807) is 30.3 Å². The number of carbonyl (C=O) groups excluding carboxylic acids is 2. The van der Waals surface area contributed by atoms with Crippen LogP contribution in [0.3, 0.4) is 0 Å². The van der Waals surface area contributed by atoms with Gasteiger partial charge < -0.3 is 10.1 Å². The number of nitrogens with zero attached hydrogens (tertiary/aromatic N) is 3. The third-order valence-electron chi connectivity index (χ3n) is 4.66. The molecule has 3 aromatic rings. The third kappa shape index (κ3) is 6.07. The average Bonchev–Trinajstić information content (AvgIpc) is 3.17. The normalized spacial score (nSPS) is 11.6. The van der Waals surface area contributed by atoms with E-state index in [0.717, 1.165) is 11.3 Å². The highest BCUT2D eigenvalue weighted by Gasteiger charge is 2.20. The molecule has 0 fully saturated rings. The molecular formula is C24H26N4O3S. The topological polar surface area (TPSA) is 86.1 Å². The summed E-state index contributed by atoms with van der Waals surface area (Å²) in [7, 11) is 0. The Hall–Kier alpha value is -3.39. The van der Waals surface area contributed by atoms with Crippen LogP contribution in [0, 0.1) is 6.92 Å². The van der Waals surface area contributed by atoms with Gasteiger partial charge in [-0.1, -0.05) is 35.5 Å². The van der Waals surface area contributed by atoms with Gasteiger partial charge in [0.1, 0.15) is 5.75 Å². The van der Waals surface area contributed by atoms with Crippen LogP contribution in [0.5, 0.6) is 5.75 Å². The molecule has 1 atom stereocenters. The molecule has 0 saturated heterocycles. The molecule has 1 heterocycles. The molecule has 0 aliphatic heterocycles. The van der Waals surface area contributed by atoms with E-state index in [2.05, 4.69) is 22.1 Å². The minimum atomic E-state index is -0.326. The number of allylic oxidation sites excluding steroid dienone is 1. The van der Waals surface area contributed by atoms with Crippen LogP contribution in [-0.2, 0) is 11.3 Å². The molecule has 3 rings (SSSR count). The fraction of sp³-hybridized carbons (Fsp3) is 0.250. The smallest absolute Gasteiger partial charge is 0.234 e. The number of hydrogen-bond donors (Lipinski definition) is 1. The van der Waals surface area contributed by atoms with Crippen LogP contribution in [0.4, 0.5) is 5.69 Å².